The average Bonchev–Trinajstić information content (AvgIpc) is 2.15. The van der Waals surface area contributed by atoms with Gasteiger partial charge in [0.1, 0.15) is 5.82 Å². The van der Waals surface area contributed by atoms with Crippen molar-refractivity contribution >= 4 is 27.6 Å². The molecular formula is C10H10BrFN2O2. The van der Waals surface area contributed by atoms with Crippen molar-refractivity contribution in [3.63, 3.8) is 0 Å². The standard InChI is InChI=1S/C10H10BrFN2O2/c1-2-14-9(15)8-6(12)3-5(11)4-7(8)13-10(14)16/h3-4,9,15H,2H2,1H3,(H,13,16). The van der Waals surface area contributed by atoms with Crippen molar-refractivity contribution in [2.24, 2.45) is 0 Å². The van der Waals surface area contributed by atoms with Crippen molar-refractivity contribution in [3.05, 3.63) is 28.0 Å². The number of anilines is 1. The predicted octanol–water partition coefficient (Wildman–Crippen LogP) is 2.45. The van der Waals surface area contributed by atoms with Gasteiger partial charge in [-0.15, -0.1) is 0 Å². The first-order chi connectivity index (χ1) is 7.54. The highest BCUT2D eigenvalue weighted by Gasteiger charge is 2.32. The molecule has 1 aromatic carbocycles. The summed E-state index contributed by atoms with van der Waals surface area (Å²) in [4.78, 5) is 12.7. The second-order valence-corrected chi connectivity index (χ2v) is 4.35. The van der Waals surface area contributed by atoms with Crippen LogP contribution in [0.4, 0.5) is 14.9 Å². The summed E-state index contributed by atoms with van der Waals surface area (Å²) in [6, 6.07) is 2.39. The van der Waals surface area contributed by atoms with Crippen molar-refractivity contribution < 1.29 is 14.3 Å². The van der Waals surface area contributed by atoms with E-state index in [0.29, 0.717) is 16.7 Å². The van der Waals surface area contributed by atoms with E-state index < -0.39 is 18.1 Å². The molecule has 1 heterocycles. The summed E-state index contributed by atoms with van der Waals surface area (Å²) in [7, 11) is 0. The third kappa shape index (κ3) is 1.68. The number of nitrogens with zero attached hydrogens (tertiary/aromatic N) is 1. The summed E-state index contributed by atoms with van der Waals surface area (Å²) in [5.41, 5.74) is 0.402. The highest BCUT2D eigenvalue weighted by Crippen LogP contribution is 2.35. The van der Waals surface area contributed by atoms with Gasteiger partial charge < -0.3 is 10.4 Å². The minimum absolute atomic E-state index is 0.102. The van der Waals surface area contributed by atoms with Crippen molar-refractivity contribution in [3.8, 4) is 0 Å². The Morgan fingerprint density at radius 3 is 2.94 bits per heavy atom. The molecule has 0 saturated heterocycles. The maximum absolute atomic E-state index is 13.7. The van der Waals surface area contributed by atoms with Crippen molar-refractivity contribution in [1.29, 1.82) is 0 Å². The Kier molecular flexibility index (Phi) is 2.86. The molecule has 86 valence electrons. The molecule has 1 atom stereocenters. The van der Waals surface area contributed by atoms with Crippen LogP contribution < -0.4 is 5.32 Å². The van der Waals surface area contributed by atoms with E-state index in [2.05, 4.69) is 21.2 Å². The molecule has 1 aromatic rings. The van der Waals surface area contributed by atoms with Crippen molar-refractivity contribution in [2.75, 3.05) is 11.9 Å². The fourth-order valence-electron chi connectivity index (χ4n) is 1.72. The number of halogens is 2. The first-order valence-corrected chi connectivity index (χ1v) is 5.58. The van der Waals surface area contributed by atoms with E-state index in [1.165, 1.54) is 6.07 Å². The van der Waals surface area contributed by atoms with E-state index in [4.69, 9.17) is 0 Å². The quantitative estimate of drug-likeness (QED) is 0.834. The average molecular weight is 289 g/mol. The number of aliphatic hydroxyl groups is 1. The topological polar surface area (TPSA) is 52.6 Å². The largest absolute Gasteiger partial charge is 0.369 e. The van der Waals surface area contributed by atoms with Gasteiger partial charge >= 0.3 is 6.03 Å². The van der Waals surface area contributed by atoms with Gasteiger partial charge in [0, 0.05) is 11.0 Å². The molecule has 16 heavy (non-hydrogen) atoms. The summed E-state index contributed by atoms with van der Waals surface area (Å²) in [5.74, 6) is -0.546. The lowest BCUT2D eigenvalue weighted by Crippen LogP contribution is -2.42. The molecule has 1 aliphatic heterocycles. The molecule has 2 amide bonds. The highest BCUT2D eigenvalue weighted by atomic mass is 79.9. The minimum atomic E-state index is -1.23. The van der Waals surface area contributed by atoms with E-state index in [0.717, 1.165) is 4.90 Å². The fourth-order valence-corrected chi connectivity index (χ4v) is 2.15. The molecule has 6 heteroatoms. The number of fused-ring (bicyclic) bond motifs is 1. The lowest BCUT2D eigenvalue weighted by Gasteiger charge is -2.33. The van der Waals surface area contributed by atoms with Crippen LogP contribution in [0.3, 0.4) is 0 Å². The lowest BCUT2D eigenvalue weighted by atomic mass is 10.1. The molecular weight excluding hydrogens is 279 g/mol. The van der Waals surface area contributed by atoms with Gasteiger partial charge in [0.25, 0.3) is 0 Å². The van der Waals surface area contributed by atoms with E-state index >= 15 is 0 Å². The molecule has 2 rings (SSSR count). The number of hydrogen-bond acceptors (Lipinski definition) is 2. The lowest BCUT2D eigenvalue weighted by molar-refractivity contribution is 0.0316. The number of carbonyl (C=O) groups is 1. The van der Waals surface area contributed by atoms with Crippen LogP contribution in [0.15, 0.2) is 16.6 Å². The van der Waals surface area contributed by atoms with Gasteiger partial charge in [0.2, 0.25) is 0 Å². The Bertz CT molecular complexity index is 453. The SMILES string of the molecule is CCN1C(=O)Nc2cc(Br)cc(F)c2C1O. The van der Waals surface area contributed by atoms with E-state index in [1.54, 1.807) is 13.0 Å². The number of amides is 2. The molecule has 4 nitrogen and oxygen atoms in total. The molecule has 0 aromatic heterocycles. The van der Waals surface area contributed by atoms with E-state index in [1.807, 2.05) is 0 Å². The van der Waals surface area contributed by atoms with Gasteiger partial charge in [-0.3, -0.25) is 4.90 Å². The number of carbonyl (C=O) groups excluding carboxylic acids is 1. The fraction of sp³-hybridized carbons (Fsp3) is 0.300. The zero-order chi connectivity index (χ0) is 11.9. The Labute approximate surface area is 100 Å². The molecule has 0 spiro atoms. The number of rotatable bonds is 1. The third-order valence-corrected chi connectivity index (χ3v) is 2.95. The summed E-state index contributed by atoms with van der Waals surface area (Å²) in [6.45, 7) is 2.02. The number of benzene rings is 1. The first kappa shape index (κ1) is 11.3. The number of hydrogen-bond donors (Lipinski definition) is 2. The normalized spacial score (nSPS) is 19.4. The third-order valence-electron chi connectivity index (χ3n) is 2.49. The van der Waals surface area contributed by atoms with Crippen LogP contribution in [-0.4, -0.2) is 22.6 Å². The monoisotopic (exact) mass is 288 g/mol. The molecule has 1 unspecified atom stereocenters. The van der Waals surface area contributed by atoms with Crippen LogP contribution in [-0.2, 0) is 0 Å². The predicted molar refractivity (Wildman–Crippen MR) is 60.5 cm³/mol. The van der Waals surface area contributed by atoms with Gasteiger partial charge in [-0.05, 0) is 19.1 Å². The van der Waals surface area contributed by atoms with Crippen LogP contribution in [0.25, 0.3) is 0 Å². The molecule has 1 aliphatic rings. The van der Waals surface area contributed by atoms with Gasteiger partial charge in [-0.25, -0.2) is 9.18 Å². The maximum atomic E-state index is 13.7. The van der Waals surface area contributed by atoms with Gasteiger partial charge in [0.05, 0.1) is 11.3 Å². The van der Waals surface area contributed by atoms with Crippen LogP contribution in [0, 0.1) is 5.82 Å². The Hall–Kier alpha value is -1.14. The van der Waals surface area contributed by atoms with E-state index in [-0.39, 0.29) is 5.56 Å². The smallest absolute Gasteiger partial charge is 0.324 e. The second kappa shape index (κ2) is 4.03. The van der Waals surface area contributed by atoms with Gasteiger partial charge in [0.15, 0.2) is 6.23 Å². The molecule has 0 bridgehead atoms. The van der Waals surface area contributed by atoms with E-state index in [9.17, 15) is 14.3 Å². The summed E-state index contributed by atoms with van der Waals surface area (Å²) in [6.07, 6.45) is -1.23. The first-order valence-electron chi connectivity index (χ1n) is 4.79. The number of nitrogens with one attached hydrogen (secondary N) is 1. The molecule has 0 fully saturated rings. The van der Waals surface area contributed by atoms with Crippen LogP contribution in [0.2, 0.25) is 0 Å². The summed E-state index contributed by atoms with van der Waals surface area (Å²) in [5, 5.41) is 12.4. The van der Waals surface area contributed by atoms with Gasteiger partial charge in [-0.2, -0.15) is 0 Å². The van der Waals surface area contributed by atoms with Crippen LogP contribution in [0.5, 0.6) is 0 Å². The number of aliphatic hydroxyl groups excluding tert-OH is 1. The second-order valence-electron chi connectivity index (χ2n) is 3.44. The Balaban J connectivity index is 2.55. The molecule has 0 aliphatic carbocycles. The van der Waals surface area contributed by atoms with Crippen molar-refractivity contribution in [1.82, 2.24) is 4.90 Å². The minimum Gasteiger partial charge on any atom is -0.369 e. The highest BCUT2D eigenvalue weighted by molar-refractivity contribution is 9.10. The maximum Gasteiger partial charge on any atom is 0.324 e. The molecule has 0 saturated carbocycles. The number of urea groups is 1. The zero-order valence-electron chi connectivity index (χ0n) is 8.50. The van der Waals surface area contributed by atoms with Gasteiger partial charge in [-0.1, -0.05) is 15.9 Å². The summed E-state index contributed by atoms with van der Waals surface area (Å²) >= 11 is 3.13. The molecule has 2 N–H and O–H groups in total. The Morgan fingerprint density at radius 2 is 2.31 bits per heavy atom. The molecule has 0 radical (unpaired) electrons. The summed E-state index contributed by atoms with van der Waals surface area (Å²) < 4.78 is 14.2. The zero-order valence-corrected chi connectivity index (χ0v) is 10.1. The van der Waals surface area contributed by atoms with Crippen LogP contribution >= 0.6 is 15.9 Å². The van der Waals surface area contributed by atoms with Crippen LogP contribution in [0.1, 0.15) is 18.7 Å². The Morgan fingerprint density at radius 1 is 1.62 bits per heavy atom. The van der Waals surface area contributed by atoms with Crippen molar-refractivity contribution in [2.45, 2.75) is 13.2 Å².